The van der Waals surface area contributed by atoms with E-state index < -0.39 is 24.5 Å². The van der Waals surface area contributed by atoms with Gasteiger partial charge in [-0.15, -0.1) is 0 Å². The summed E-state index contributed by atoms with van der Waals surface area (Å²) in [5, 5.41) is 5.59. The molecule has 0 aromatic heterocycles. The number of aryl methyl sites for hydroxylation is 3. The smallest absolute Gasteiger partial charge is 0.329 e. The number of rotatable bonds is 9. The molecule has 6 nitrogen and oxygen atoms in total. The van der Waals surface area contributed by atoms with E-state index in [0.717, 1.165) is 35.2 Å². The van der Waals surface area contributed by atoms with Crippen LogP contribution in [-0.2, 0) is 27.2 Å². The van der Waals surface area contributed by atoms with Gasteiger partial charge in [0.1, 0.15) is 6.04 Å². The van der Waals surface area contributed by atoms with E-state index >= 15 is 0 Å². The number of esters is 1. The van der Waals surface area contributed by atoms with Crippen LogP contribution in [-0.4, -0.2) is 30.4 Å². The van der Waals surface area contributed by atoms with Crippen molar-refractivity contribution in [3.8, 4) is 0 Å². The molecule has 0 aliphatic heterocycles. The Balaban J connectivity index is 1.99. The normalized spacial score (nSPS) is 11.7. The van der Waals surface area contributed by atoms with E-state index in [-0.39, 0.29) is 11.8 Å². The molecule has 1 atom stereocenters. The summed E-state index contributed by atoms with van der Waals surface area (Å²) in [5.41, 5.74) is 4.35. The van der Waals surface area contributed by atoms with Gasteiger partial charge in [-0.1, -0.05) is 63.6 Å². The van der Waals surface area contributed by atoms with E-state index in [2.05, 4.69) is 10.6 Å². The lowest BCUT2D eigenvalue weighted by molar-refractivity contribution is -0.150. The molecule has 0 saturated heterocycles. The number of benzene rings is 2. The van der Waals surface area contributed by atoms with Crippen LogP contribution >= 0.6 is 0 Å². The zero-order chi connectivity index (χ0) is 23.0. The number of carbonyl (C=O) groups excluding carboxylic acids is 3. The molecular formula is C25H32N2O4. The first-order valence-corrected chi connectivity index (χ1v) is 10.7. The van der Waals surface area contributed by atoms with Crippen molar-refractivity contribution < 1.29 is 19.1 Å². The predicted octanol–water partition coefficient (Wildman–Crippen LogP) is 4.06. The third-order valence-corrected chi connectivity index (χ3v) is 5.13. The van der Waals surface area contributed by atoms with Gasteiger partial charge >= 0.3 is 5.97 Å². The Bertz CT molecular complexity index is 897. The van der Waals surface area contributed by atoms with Crippen LogP contribution in [0.15, 0.2) is 42.5 Å². The number of para-hydroxylation sites is 1. The molecule has 2 aromatic rings. The second-order valence-corrected chi connectivity index (χ2v) is 7.88. The van der Waals surface area contributed by atoms with Crippen LogP contribution in [0.5, 0.6) is 0 Å². The van der Waals surface area contributed by atoms with Crippen molar-refractivity contribution in [3.05, 3.63) is 64.7 Å². The number of anilines is 1. The van der Waals surface area contributed by atoms with Crippen molar-refractivity contribution in [1.29, 1.82) is 0 Å². The lowest BCUT2D eigenvalue weighted by atomic mass is 10.0. The van der Waals surface area contributed by atoms with E-state index in [1.54, 1.807) is 12.1 Å². The van der Waals surface area contributed by atoms with Crippen molar-refractivity contribution in [2.75, 3.05) is 11.9 Å². The summed E-state index contributed by atoms with van der Waals surface area (Å²) in [5.74, 6) is -1.59. The summed E-state index contributed by atoms with van der Waals surface area (Å²) in [4.78, 5) is 37.5. The fourth-order valence-corrected chi connectivity index (χ4v) is 3.23. The molecule has 2 amide bonds. The topological polar surface area (TPSA) is 84.5 Å². The molecule has 0 radical (unpaired) electrons. The molecule has 6 heteroatoms. The Morgan fingerprint density at radius 2 is 1.52 bits per heavy atom. The van der Waals surface area contributed by atoms with Crippen molar-refractivity contribution in [1.82, 2.24) is 5.32 Å². The highest BCUT2D eigenvalue weighted by Crippen LogP contribution is 2.22. The zero-order valence-electron chi connectivity index (χ0n) is 19.0. The third-order valence-electron chi connectivity index (χ3n) is 5.13. The van der Waals surface area contributed by atoms with E-state index in [1.165, 1.54) is 0 Å². The first-order chi connectivity index (χ1) is 14.8. The Morgan fingerprint density at radius 1 is 0.935 bits per heavy atom. The standard InChI is InChI=1S/C25H32N2O4/c1-6-18-9-8-10-19(7-2)23(18)26-21(28)15-31-25(30)22(16(3)4)27-24(29)20-13-11-17(5)12-14-20/h8-14,16,22H,6-7,15H2,1-5H3,(H,26,28)(H,27,29)/t22-/m0/s1. The third kappa shape index (κ3) is 6.67. The van der Waals surface area contributed by atoms with Gasteiger partial charge in [0.15, 0.2) is 6.61 Å². The Labute approximate surface area is 184 Å². The van der Waals surface area contributed by atoms with E-state index in [4.69, 9.17) is 4.74 Å². The van der Waals surface area contributed by atoms with E-state index in [0.29, 0.717) is 5.56 Å². The van der Waals surface area contributed by atoms with Gasteiger partial charge in [0, 0.05) is 11.3 Å². The quantitative estimate of drug-likeness (QED) is 0.595. The Hall–Kier alpha value is -3.15. The minimum absolute atomic E-state index is 0.197. The van der Waals surface area contributed by atoms with E-state index in [1.807, 2.05) is 65.0 Å². The second-order valence-electron chi connectivity index (χ2n) is 7.88. The largest absolute Gasteiger partial charge is 0.454 e. The number of carbonyl (C=O) groups is 3. The predicted molar refractivity (Wildman–Crippen MR) is 122 cm³/mol. The first kappa shape index (κ1) is 24.1. The van der Waals surface area contributed by atoms with E-state index in [9.17, 15) is 14.4 Å². The van der Waals surface area contributed by atoms with Gasteiger partial charge in [-0.25, -0.2) is 4.79 Å². The maximum atomic E-state index is 12.6. The first-order valence-electron chi connectivity index (χ1n) is 10.7. The number of ether oxygens (including phenoxy) is 1. The van der Waals surface area contributed by atoms with Gasteiger partial charge in [-0.05, 0) is 48.9 Å². The van der Waals surface area contributed by atoms with Crippen LogP contribution in [0.25, 0.3) is 0 Å². The molecule has 2 aromatic carbocycles. The number of amides is 2. The van der Waals surface area contributed by atoms with Crippen molar-refractivity contribution >= 4 is 23.5 Å². The van der Waals surface area contributed by atoms with Crippen molar-refractivity contribution in [2.45, 2.75) is 53.5 Å². The molecule has 0 fully saturated rings. The van der Waals surface area contributed by atoms with Crippen LogP contribution in [0.4, 0.5) is 5.69 Å². The Morgan fingerprint density at radius 3 is 2.03 bits per heavy atom. The second kappa shape index (κ2) is 11.3. The molecule has 166 valence electrons. The molecule has 2 rings (SSSR count). The molecule has 0 saturated carbocycles. The molecule has 0 aliphatic rings. The van der Waals surface area contributed by atoms with Gasteiger partial charge in [-0.3, -0.25) is 9.59 Å². The Kier molecular flexibility index (Phi) is 8.79. The lowest BCUT2D eigenvalue weighted by Gasteiger charge is -2.21. The maximum absolute atomic E-state index is 12.6. The SMILES string of the molecule is CCc1cccc(CC)c1NC(=O)COC(=O)[C@@H](NC(=O)c1ccc(C)cc1)C(C)C. The summed E-state index contributed by atoms with van der Waals surface area (Å²) in [7, 11) is 0. The maximum Gasteiger partial charge on any atom is 0.329 e. The van der Waals surface area contributed by atoms with Crippen LogP contribution in [0.1, 0.15) is 54.7 Å². The van der Waals surface area contributed by atoms with Gasteiger partial charge in [0.05, 0.1) is 0 Å². The van der Waals surface area contributed by atoms with Gasteiger partial charge < -0.3 is 15.4 Å². The number of nitrogens with one attached hydrogen (secondary N) is 2. The fourth-order valence-electron chi connectivity index (χ4n) is 3.23. The van der Waals surface area contributed by atoms with Gasteiger partial charge in [-0.2, -0.15) is 0 Å². The highest BCUT2D eigenvalue weighted by Gasteiger charge is 2.27. The average molecular weight is 425 g/mol. The molecular weight excluding hydrogens is 392 g/mol. The molecule has 0 aliphatic carbocycles. The summed E-state index contributed by atoms with van der Waals surface area (Å²) in [6, 6.07) is 12.1. The molecule has 0 heterocycles. The molecule has 0 bridgehead atoms. The van der Waals surface area contributed by atoms with Crippen LogP contribution in [0.2, 0.25) is 0 Å². The summed E-state index contributed by atoms with van der Waals surface area (Å²) in [6.07, 6.45) is 1.56. The van der Waals surface area contributed by atoms with Crippen LogP contribution in [0.3, 0.4) is 0 Å². The summed E-state index contributed by atoms with van der Waals surface area (Å²) in [6.45, 7) is 9.19. The van der Waals surface area contributed by atoms with Gasteiger partial charge in [0.25, 0.3) is 11.8 Å². The highest BCUT2D eigenvalue weighted by atomic mass is 16.5. The molecule has 2 N–H and O–H groups in total. The average Bonchev–Trinajstić information content (AvgIpc) is 2.76. The van der Waals surface area contributed by atoms with Crippen molar-refractivity contribution in [2.24, 2.45) is 5.92 Å². The lowest BCUT2D eigenvalue weighted by Crippen LogP contribution is -2.46. The number of hydrogen-bond acceptors (Lipinski definition) is 4. The van der Waals surface area contributed by atoms with Crippen molar-refractivity contribution in [3.63, 3.8) is 0 Å². The minimum Gasteiger partial charge on any atom is -0.454 e. The monoisotopic (exact) mass is 424 g/mol. The van der Waals surface area contributed by atoms with Crippen LogP contribution in [0, 0.1) is 12.8 Å². The minimum atomic E-state index is -0.851. The number of hydrogen-bond donors (Lipinski definition) is 2. The highest BCUT2D eigenvalue weighted by molar-refractivity contribution is 5.98. The summed E-state index contributed by atoms with van der Waals surface area (Å²) >= 11 is 0. The zero-order valence-corrected chi connectivity index (χ0v) is 19.0. The van der Waals surface area contributed by atoms with Crippen LogP contribution < -0.4 is 10.6 Å². The molecule has 0 unspecified atom stereocenters. The summed E-state index contributed by atoms with van der Waals surface area (Å²) < 4.78 is 5.24. The fraction of sp³-hybridized carbons (Fsp3) is 0.400. The van der Waals surface area contributed by atoms with Gasteiger partial charge in [0.2, 0.25) is 0 Å². The molecule has 31 heavy (non-hydrogen) atoms. The molecule has 0 spiro atoms.